The number of nitriles is 1. The molecule has 3 N–H and O–H groups in total. The van der Waals surface area contributed by atoms with Crippen molar-refractivity contribution in [1.82, 2.24) is 5.32 Å². The number of thioether (sulfide) groups is 1. The second-order valence-corrected chi connectivity index (χ2v) is 14.7. The highest BCUT2D eigenvalue weighted by molar-refractivity contribution is 8.00. The van der Waals surface area contributed by atoms with E-state index in [9.17, 15) is 19.6 Å². The van der Waals surface area contributed by atoms with Gasteiger partial charge in [0.05, 0.1) is 10.8 Å². The van der Waals surface area contributed by atoms with E-state index in [1.54, 1.807) is 48.5 Å². The Morgan fingerprint density at radius 2 is 1.66 bits per heavy atom. The molecule has 0 fully saturated rings. The molecule has 1 aromatic heterocycles. The number of fused-ring (bicyclic) bond motifs is 1. The maximum absolute atomic E-state index is 13.6. The van der Waals surface area contributed by atoms with E-state index < -0.39 is 17.1 Å². The summed E-state index contributed by atoms with van der Waals surface area (Å²) < 4.78 is 0. The molecule has 0 spiro atoms. The van der Waals surface area contributed by atoms with Crippen molar-refractivity contribution in [1.29, 1.82) is 5.26 Å². The summed E-state index contributed by atoms with van der Waals surface area (Å²) in [7, 11) is 0. The van der Waals surface area contributed by atoms with Crippen LogP contribution in [0.15, 0.2) is 120 Å². The van der Waals surface area contributed by atoms with E-state index in [4.69, 9.17) is 0 Å². The van der Waals surface area contributed by atoms with Crippen molar-refractivity contribution < 1.29 is 14.4 Å². The van der Waals surface area contributed by atoms with Gasteiger partial charge >= 0.3 is 0 Å². The first kappa shape index (κ1) is 34.4. The minimum absolute atomic E-state index is 0.0947. The van der Waals surface area contributed by atoms with E-state index in [0.29, 0.717) is 27.7 Å². The minimum Gasteiger partial charge on any atom is -0.321 e. The average Bonchev–Trinajstić information content (AvgIpc) is 3.48. The number of hydrogen-bond donors (Lipinski definition) is 3. The number of hydrogen-bond acceptors (Lipinski definition) is 6. The highest BCUT2D eigenvalue weighted by atomic mass is 32.2. The maximum atomic E-state index is 13.6. The summed E-state index contributed by atoms with van der Waals surface area (Å²) in [6, 6.07) is 36.4. The highest BCUT2D eigenvalue weighted by Crippen LogP contribution is 2.42. The lowest BCUT2D eigenvalue weighted by Gasteiger charge is -2.22. The molecule has 250 valence electrons. The number of nitrogens with zero attached hydrogens (tertiary/aromatic N) is 1. The summed E-state index contributed by atoms with van der Waals surface area (Å²) in [6.07, 6.45) is 4.28. The molecular formula is C41H36N4O3S2. The first-order chi connectivity index (χ1) is 24.3. The Morgan fingerprint density at radius 3 is 2.40 bits per heavy atom. The number of amides is 3. The Balaban J connectivity index is 1.13. The molecule has 2 unspecified atom stereocenters. The van der Waals surface area contributed by atoms with Crippen LogP contribution in [0.3, 0.4) is 0 Å². The average molecular weight is 697 g/mol. The molecule has 1 aliphatic carbocycles. The maximum Gasteiger partial charge on any atom is 0.272 e. The van der Waals surface area contributed by atoms with Gasteiger partial charge in [-0.1, -0.05) is 84.4 Å². The van der Waals surface area contributed by atoms with E-state index in [1.165, 1.54) is 28.7 Å². The summed E-state index contributed by atoms with van der Waals surface area (Å²) in [5, 5.41) is 18.9. The van der Waals surface area contributed by atoms with Gasteiger partial charge in [0.2, 0.25) is 5.91 Å². The summed E-state index contributed by atoms with van der Waals surface area (Å²) in [5.74, 6) is -0.685. The summed E-state index contributed by atoms with van der Waals surface area (Å²) >= 11 is 2.86. The minimum atomic E-state index is -0.482. The Morgan fingerprint density at radius 1 is 0.920 bits per heavy atom. The van der Waals surface area contributed by atoms with Crippen LogP contribution < -0.4 is 16.0 Å². The quantitative estimate of drug-likeness (QED) is 0.0999. The Hall–Kier alpha value is -5.43. The topological polar surface area (TPSA) is 111 Å². The lowest BCUT2D eigenvalue weighted by Crippen LogP contribution is -2.30. The second-order valence-electron chi connectivity index (χ2n) is 12.2. The first-order valence-electron chi connectivity index (χ1n) is 16.4. The monoisotopic (exact) mass is 696 g/mol. The third-order valence-corrected chi connectivity index (χ3v) is 10.8. The fourth-order valence-electron chi connectivity index (χ4n) is 5.99. The van der Waals surface area contributed by atoms with Crippen LogP contribution in [0.2, 0.25) is 0 Å². The van der Waals surface area contributed by atoms with E-state index in [2.05, 4.69) is 46.3 Å². The number of thiophene rings is 1. The van der Waals surface area contributed by atoms with Gasteiger partial charge in [-0.3, -0.25) is 14.4 Å². The molecular weight excluding hydrogens is 661 g/mol. The fourth-order valence-corrected chi connectivity index (χ4v) is 8.19. The molecule has 9 heteroatoms. The van der Waals surface area contributed by atoms with Crippen LogP contribution in [0, 0.1) is 18.3 Å². The van der Waals surface area contributed by atoms with Crippen LogP contribution in [0.5, 0.6) is 0 Å². The van der Waals surface area contributed by atoms with E-state index >= 15 is 0 Å². The second kappa shape index (κ2) is 15.9. The van der Waals surface area contributed by atoms with Gasteiger partial charge in [0.1, 0.15) is 16.8 Å². The third kappa shape index (κ3) is 8.40. The van der Waals surface area contributed by atoms with E-state index in [0.717, 1.165) is 45.7 Å². The van der Waals surface area contributed by atoms with Gasteiger partial charge in [-0.2, -0.15) is 5.26 Å². The van der Waals surface area contributed by atoms with Crippen molar-refractivity contribution in [2.45, 2.75) is 49.2 Å². The molecule has 0 saturated heterocycles. The summed E-state index contributed by atoms with van der Waals surface area (Å²) in [6.45, 7) is 3.78. The van der Waals surface area contributed by atoms with E-state index in [-0.39, 0.29) is 11.6 Å². The van der Waals surface area contributed by atoms with Crippen molar-refractivity contribution in [2.24, 2.45) is 0 Å². The molecule has 0 saturated carbocycles. The molecule has 4 aromatic carbocycles. The van der Waals surface area contributed by atoms with Crippen LogP contribution in [0.1, 0.15) is 62.3 Å². The van der Waals surface area contributed by atoms with Gasteiger partial charge < -0.3 is 16.0 Å². The molecule has 1 aliphatic rings. The van der Waals surface area contributed by atoms with Crippen molar-refractivity contribution in [2.75, 3.05) is 10.6 Å². The Labute approximate surface area is 300 Å². The van der Waals surface area contributed by atoms with Crippen molar-refractivity contribution >= 4 is 57.6 Å². The zero-order chi connectivity index (χ0) is 35.0. The lowest BCUT2D eigenvalue weighted by molar-refractivity contribution is -0.115. The molecule has 0 aliphatic heterocycles. The molecule has 7 nitrogen and oxygen atoms in total. The van der Waals surface area contributed by atoms with Crippen molar-refractivity contribution in [3.05, 3.63) is 153 Å². The summed E-state index contributed by atoms with van der Waals surface area (Å²) in [5.41, 5.74) is 5.77. The zero-order valence-corrected chi connectivity index (χ0v) is 29.4. The van der Waals surface area contributed by atoms with Crippen LogP contribution in [-0.4, -0.2) is 23.0 Å². The summed E-state index contributed by atoms with van der Waals surface area (Å²) in [4.78, 5) is 41.9. The van der Waals surface area contributed by atoms with Crippen LogP contribution in [-0.2, 0) is 22.4 Å². The molecule has 2 atom stereocenters. The smallest absolute Gasteiger partial charge is 0.272 e. The van der Waals surface area contributed by atoms with Gasteiger partial charge in [0.15, 0.2) is 0 Å². The molecule has 0 radical (unpaired) electrons. The van der Waals surface area contributed by atoms with Crippen molar-refractivity contribution in [3.8, 4) is 6.07 Å². The SMILES string of the molecule is Cc1cccc(/C=C(/NC(=O)c2ccccc2)C(=O)Nc2cccc(SC(C)C(=O)Nc3sc4c(c3C#N)CCC(c3ccccc3)C4)c2)c1. The van der Waals surface area contributed by atoms with Gasteiger partial charge in [-0.05, 0) is 92.1 Å². The molecule has 1 heterocycles. The lowest BCUT2D eigenvalue weighted by atomic mass is 9.83. The molecule has 6 rings (SSSR count). The van der Waals surface area contributed by atoms with Crippen LogP contribution >= 0.6 is 23.1 Å². The Kier molecular flexibility index (Phi) is 10.9. The number of carbonyl (C=O) groups excluding carboxylic acids is 3. The van der Waals surface area contributed by atoms with Crippen LogP contribution in [0.4, 0.5) is 10.7 Å². The highest BCUT2D eigenvalue weighted by Gasteiger charge is 2.28. The first-order valence-corrected chi connectivity index (χ1v) is 18.1. The number of aryl methyl sites for hydroxylation is 1. The molecule has 5 aromatic rings. The van der Waals surface area contributed by atoms with Gasteiger partial charge in [-0.15, -0.1) is 23.1 Å². The molecule has 50 heavy (non-hydrogen) atoms. The normalized spacial score (nSPS) is 14.5. The molecule has 3 amide bonds. The Bertz CT molecular complexity index is 2100. The number of carbonyl (C=O) groups is 3. The largest absolute Gasteiger partial charge is 0.321 e. The van der Waals surface area contributed by atoms with Gasteiger partial charge in [0.25, 0.3) is 11.8 Å². The van der Waals surface area contributed by atoms with Gasteiger partial charge in [0, 0.05) is 21.0 Å². The van der Waals surface area contributed by atoms with Crippen molar-refractivity contribution in [3.63, 3.8) is 0 Å². The molecule has 0 bridgehead atoms. The van der Waals surface area contributed by atoms with E-state index in [1.807, 2.05) is 56.3 Å². The number of anilines is 2. The van der Waals surface area contributed by atoms with Crippen LogP contribution in [0.25, 0.3) is 6.08 Å². The standard InChI is InChI=1S/C41H36N4O3S2/c1-26-11-9-12-28(21-26)22-36(44-39(47)30-15-7-4-8-16-30)40(48)43-32-17-10-18-33(24-32)49-27(2)38(46)45-41-35(25-42)34-20-19-31(23-37(34)50-41)29-13-5-3-6-14-29/h3-18,21-22,24,27,31H,19-20,23H2,1-2H3,(H,43,48)(H,44,47)(H,45,46)/b36-22+. The number of benzene rings is 4. The predicted molar refractivity (Wildman–Crippen MR) is 202 cm³/mol. The third-order valence-electron chi connectivity index (χ3n) is 8.54. The fraction of sp³-hybridized carbons (Fsp3) is 0.171. The predicted octanol–water partition coefficient (Wildman–Crippen LogP) is 8.73. The zero-order valence-electron chi connectivity index (χ0n) is 27.7. The number of nitrogens with one attached hydrogen (secondary N) is 3. The number of rotatable bonds is 10. The van der Waals surface area contributed by atoms with Gasteiger partial charge in [-0.25, -0.2) is 0 Å².